The third-order valence-corrected chi connectivity index (χ3v) is 3.30. The molecular formula is C13H20N2O3. The standard InChI is InChI=1S/C13H20N2O3/c1-4-9-5-8(2)12(18-9)13(16)15-10-6-14-7-11(10)17-3/h5,10-11,14H,4,6-7H2,1-3H3,(H,15,16). The molecule has 0 bridgehead atoms. The van der Waals surface area contributed by atoms with Gasteiger partial charge in [0, 0.05) is 32.2 Å². The van der Waals surface area contributed by atoms with Crippen molar-refractivity contribution in [2.24, 2.45) is 0 Å². The van der Waals surface area contributed by atoms with Gasteiger partial charge in [0.1, 0.15) is 5.76 Å². The molecule has 0 saturated carbocycles. The van der Waals surface area contributed by atoms with Crippen LogP contribution in [0.1, 0.15) is 28.8 Å². The van der Waals surface area contributed by atoms with Gasteiger partial charge in [0.2, 0.25) is 0 Å². The number of nitrogens with one attached hydrogen (secondary N) is 2. The second-order valence-electron chi connectivity index (χ2n) is 4.59. The van der Waals surface area contributed by atoms with Crippen molar-refractivity contribution in [3.63, 3.8) is 0 Å². The number of methoxy groups -OCH3 is 1. The number of aryl methyl sites for hydroxylation is 2. The maximum Gasteiger partial charge on any atom is 0.287 e. The first-order valence-electron chi connectivity index (χ1n) is 6.29. The molecule has 0 aliphatic carbocycles. The minimum Gasteiger partial charge on any atom is -0.456 e. The maximum absolute atomic E-state index is 12.1. The second-order valence-corrected chi connectivity index (χ2v) is 4.59. The highest BCUT2D eigenvalue weighted by Gasteiger charge is 2.29. The van der Waals surface area contributed by atoms with Crippen LogP contribution in [0, 0.1) is 6.92 Å². The van der Waals surface area contributed by atoms with Gasteiger partial charge in [0.05, 0.1) is 12.1 Å². The molecule has 1 aliphatic rings. The van der Waals surface area contributed by atoms with Crippen LogP contribution in [-0.4, -0.2) is 38.3 Å². The van der Waals surface area contributed by atoms with Gasteiger partial charge in [-0.25, -0.2) is 0 Å². The predicted octanol–water partition coefficient (Wildman–Crippen LogP) is 0.867. The van der Waals surface area contributed by atoms with E-state index in [1.807, 2.05) is 19.9 Å². The van der Waals surface area contributed by atoms with Gasteiger partial charge in [-0.2, -0.15) is 0 Å². The monoisotopic (exact) mass is 252 g/mol. The average Bonchev–Trinajstić information content (AvgIpc) is 2.95. The first-order chi connectivity index (χ1) is 8.65. The van der Waals surface area contributed by atoms with Crippen molar-refractivity contribution < 1.29 is 13.9 Å². The molecule has 0 aromatic carbocycles. The summed E-state index contributed by atoms with van der Waals surface area (Å²) in [4.78, 5) is 12.1. The van der Waals surface area contributed by atoms with E-state index in [0.29, 0.717) is 5.76 Å². The largest absolute Gasteiger partial charge is 0.456 e. The van der Waals surface area contributed by atoms with Crippen molar-refractivity contribution in [2.75, 3.05) is 20.2 Å². The molecule has 2 rings (SSSR count). The minimum absolute atomic E-state index is 0.00271. The van der Waals surface area contributed by atoms with Crippen molar-refractivity contribution in [3.8, 4) is 0 Å². The quantitative estimate of drug-likeness (QED) is 0.834. The Bertz CT molecular complexity index is 428. The van der Waals surface area contributed by atoms with Crippen LogP contribution in [0.2, 0.25) is 0 Å². The molecule has 0 spiro atoms. The molecule has 100 valence electrons. The molecule has 2 unspecified atom stereocenters. The zero-order valence-corrected chi connectivity index (χ0v) is 11.1. The number of rotatable bonds is 4. The Balaban J connectivity index is 2.05. The number of hydrogen-bond donors (Lipinski definition) is 2. The van der Waals surface area contributed by atoms with Crippen LogP contribution < -0.4 is 10.6 Å². The number of amides is 1. The zero-order valence-electron chi connectivity index (χ0n) is 11.1. The number of furan rings is 1. The summed E-state index contributed by atoms with van der Waals surface area (Å²) in [6.45, 7) is 5.38. The molecule has 1 fully saturated rings. The highest BCUT2D eigenvalue weighted by molar-refractivity contribution is 5.93. The molecule has 1 aromatic rings. The van der Waals surface area contributed by atoms with Crippen molar-refractivity contribution in [2.45, 2.75) is 32.4 Å². The van der Waals surface area contributed by atoms with E-state index in [2.05, 4.69) is 10.6 Å². The Morgan fingerprint density at radius 3 is 3.00 bits per heavy atom. The molecule has 1 aliphatic heterocycles. The summed E-state index contributed by atoms with van der Waals surface area (Å²) >= 11 is 0. The summed E-state index contributed by atoms with van der Waals surface area (Å²) < 4.78 is 10.8. The summed E-state index contributed by atoms with van der Waals surface area (Å²) in [7, 11) is 1.66. The van der Waals surface area contributed by atoms with E-state index in [-0.39, 0.29) is 18.1 Å². The lowest BCUT2D eigenvalue weighted by atomic mass is 10.2. The van der Waals surface area contributed by atoms with E-state index in [9.17, 15) is 4.79 Å². The molecule has 2 heterocycles. The number of carbonyl (C=O) groups excluding carboxylic acids is 1. The Morgan fingerprint density at radius 1 is 1.61 bits per heavy atom. The first-order valence-corrected chi connectivity index (χ1v) is 6.29. The average molecular weight is 252 g/mol. The van der Waals surface area contributed by atoms with Crippen molar-refractivity contribution in [1.29, 1.82) is 0 Å². The fraction of sp³-hybridized carbons (Fsp3) is 0.615. The molecule has 2 N–H and O–H groups in total. The topological polar surface area (TPSA) is 63.5 Å². The predicted molar refractivity (Wildman–Crippen MR) is 67.7 cm³/mol. The van der Waals surface area contributed by atoms with Gasteiger partial charge in [0.25, 0.3) is 5.91 Å². The van der Waals surface area contributed by atoms with Crippen LogP contribution in [0.15, 0.2) is 10.5 Å². The Kier molecular flexibility index (Phi) is 4.04. The van der Waals surface area contributed by atoms with E-state index in [1.54, 1.807) is 7.11 Å². The van der Waals surface area contributed by atoms with E-state index < -0.39 is 0 Å². The fourth-order valence-electron chi connectivity index (χ4n) is 2.23. The first kappa shape index (κ1) is 13.1. The minimum atomic E-state index is -0.164. The van der Waals surface area contributed by atoms with E-state index in [1.165, 1.54) is 0 Å². The molecule has 1 aromatic heterocycles. The van der Waals surface area contributed by atoms with Crippen LogP contribution in [0.5, 0.6) is 0 Å². The van der Waals surface area contributed by atoms with Gasteiger partial charge < -0.3 is 19.8 Å². The summed E-state index contributed by atoms with van der Waals surface area (Å²) in [5.41, 5.74) is 0.879. The molecule has 1 amide bonds. The lowest BCUT2D eigenvalue weighted by Crippen LogP contribution is -2.43. The summed E-state index contributed by atoms with van der Waals surface area (Å²) in [6.07, 6.45) is 0.814. The number of ether oxygens (including phenoxy) is 1. The summed E-state index contributed by atoms with van der Waals surface area (Å²) in [6, 6.07) is 1.91. The smallest absolute Gasteiger partial charge is 0.287 e. The lowest BCUT2D eigenvalue weighted by Gasteiger charge is -2.17. The third kappa shape index (κ3) is 2.57. The Morgan fingerprint density at radius 2 is 2.39 bits per heavy atom. The Hall–Kier alpha value is -1.33. The summed E-state index contributed by atoms with van der Waals surface area (Å²) in [5.74, 6) is 1.09. The maximum atomic E-state index is 12.1. The molecule has 0 radical (unpaired) electrons. The number of carbonyl (C=O) groups is 1. The van der Waals surface area contributed by atoms with Gasteiger partial charge in [-0.3, -0.25) is 4.79 Å². The van der Waals surface area contributed by atoms with Crippen LogP contribution in [0.3, 0.4) is 0 Å². The van der Waals surface area contributed by atoms with Crippen molar-refractivity contribution in [3.05, 3.63) is 23.2 Å². The van der Waals surface area contributed by atoms with Gasteiger partial charge in [0.15, 0.2) is 5.76 Å². The van der Waals surface area contributed by atoms with Crippen LogP contribution >= 0.6 is 0 Å². The lowest BCUT2D eigenvalue weighted by molar-refractivity contribution is 0.0758. The molecule has 1 saturated heterocycles. The zero-order chi connectivity index (χ0) is 13.1. The Labute approximate surface area is 107 Å². The normalized spacial score (nSPS) is 23.3. The third-order valence-electron chi connectivity index (χ3n) is 3.30. The second kappa shape index (κ2) is 5.54. The fourth-order valence-corrected chi connectivity index (χ4v) is 2.23. The van der Waals surface area contributed by atoms with Crippen molar-refractivity contribution >= 4 is 5.91 Å². The molecule has 2 atom stereocenters. The molecule has 5 heteroatoms. The van der Waals surface area contributed by atoms with Crippen LogP contribution in [-0.2, 0) is 11.2 Å². The van der Waals surface area contributed by atoms with E-state index in [4.69, 9.17) is 9.15 Å². The number of hydrogen-bond acceptors (Lipinski definition) is 4. The van der Waals surface area contributed by atoms with Crippen molar-refractivity contribution in [1.82, 2.24) is 10.6 Å². The van der Waals surface area contributed by atoms with Gasteiger partial charge >= 0.3 is 0 Å². The molecular weight excluding hydrogens is 232 g/mol. The molecule has 18 heavy (non-hydrogen) atoms. The molecule has 5 nitrogen and oxygen atoms in total. The summed E-state index contributed by atoms with van der Waals surface area (Å²) in [5, 5.41) is 6.15. The van der Waals surface area contributed by atoms with Crippen LogP contribution in [0.25, 0.3) is 0 Å². The van der Waals surface area contributed by atoms with E-state index >= 15 is 0 Å². The highest BCUT2D eigenvalue weighted by Crippen LogP contribution is 2.15. The van der Waals surface area contributed by atoms with Crippen LogP contribution in [0.4, 0.5) is 0 Å². The van der Waals surface area contributed by atoms with Gasteiger partial charge in [-0.1, -0.05) is 6.92 Å². The van der Waals surface area contributed by atoms with Gasteiger partial charge in [-0.05, 0) is 13.0 Å². The van der Waals surface area contributed by atoms with Gasteiger partial charge in [-0.15, -0.1) is 0 Å². The van der Waals surface area contributed by atoms with E-state index in [0.717, 1.165) is 30.8 Å². The highest BCUT2D eigenvalue weighted by atomic mass is 16.5. The SMILES string of the molecule is CCc1cc(C)c(C(=O)NC2CNCC2OC)o1.